The number of imide groups is 2. The monoisotopic (exact) mass is 388 g/mol. The van der Waals surface area contributed by atoms with Crippen molar-refractivity contribution < 1.29 is 24.0 Å². The normalized spacial score (nSPS) is 19.2. The van der Waals surface area contributed by atoms with Gasteiger partial charge in [0, 0.05) is 43.0 Å². The van der Waals surface area contributed by atoms with Crippen molar-refractivity contribution in [3.63, 3.8) is 0 Å². The number of hydrogen-bond donors (Lipinski definition) is 1. The number of non-ortho nitro benzene ring substituents is 1. The van der Waals surface area contributed by atoms with Crippen molar-refractivity contribution in [3.05, 3.63) is 39.4 Å². The Bertz CT molecular complexity index is 860. The van der Waals surface area contributed by atoms with Crippen molar-refractivity contribution in [2.24, 2.45) is 0 Å². The molecule has 10 heteroatoms. The molecule has 148 valence electrons. The summed E-state index contributed by atoms with van der Waals surface area (Å²) in [7, 11) is 0. The van der Waals surface area contributed by atoms with Gasteiger partial charge in [0.25, 0.3) is 17.5 Å². The second kappa shape index (κ2) is 8.17. The number of morpholine rings is 1. The van der Waals surface area contributed by atoms with Gasteiger partial charge in [0.1, 0.15) is 5.57 Å². The lowest BCUT2D eigenvalue weighted by Gasteiger charge is -2.30. The Morgan fingerprint density at radius 3 is 2.61 bits per heavy atom. The number of hydrogen-bond acceptors (Lipinski definition) is 7. The lowest BCUT2D eigenvalue weighted by Crippen LogP contribution is -2.54. The molecule has 3 rings (SSSR count). The molecular weight excluding hydrogens is 368 g/mol. The van der Waals surface area contributed by atoms with Crippen LogP contribution >= 0.6 is 0 Å². The van der Waals surface area contributed by atoms with Crippen LogP contribution in [0.3, 0.4) is 0 Å². The Morgan fingerprint density at radius 1 is 1.25 bits per heavy atom. The van der Waals surface area contributed by atoms with Crippen molar-refractivity contribution in [2.75, 3.05) is 37.7 Å². The first-order chi connectivity index (χ1) is 13.4. The molecule has 0 bridgehead atoms. The van der Waals surface area contributed by atoms with E-state index >= 15 is 0 Å². The molecule has 0 aliphatic carbocycles. The zero-order valence-corrected chi connectivity index (χ0v) is 15.3. The molecule has 2 aliphatic heterocycles. The molecule has 0 saturated carbocycles. The van der Waals surface area contributed by atoms with E-state index in [0.29, 0.717) is 44.0 Å². The molecular formula is C18H20N4O6. The molecule has 1 N–H and O–H groups in total. The van der Waals surface area contributed by atoms with Gasteiger partial charge in [-0.25, -0.2) is 4.79 Å². The van der Waals surface area contributed by atoms with Crippen LogP contribution in [0.2, 0.25) is 0 Å². The molecule has 0 aromatic heterocycles. The van der Waals surface area contributed by atoms with E-state index in [1.54, 1.807) is 13.0 Å². The number of carbonyl (C=O) groups is 3. The minimum atomic E-state index is -0.818. The zero-order chi connectivity index (χ0) is 20.3. The van der Waals surface area contributed by atoms with Gasteiger partial charge in [-0.3, -0.25) is 29.9 Å². The highest BCUT2D eigenvalue weighted by atomic mass is 16.6. The first-order valence-corrected chi connectivity index (χ1v) is 8.92. The summed E-state index contributed by atoms with van der Waals surface area (Å²) in [5.41, 5.74) is 0.624. The van der Waals surface area contributed by atoms with Crippen molar-refractivity contribution in [2.45, 2.75) is 13.3 Å². The van der Waals surface area contributed by atoms with Crippen LogP contribution in [0.4, 0.5) is 16.2 Å². The fraction of sp³-hybridized carbons (Fsp3) is 0.389. The highest BCUT2D eigenvalue weighted by molar-refractivity contribution is 6.31. The van der Waals surface area contributed by atoms with Gasteiger partial charge < -0.3 is 9.64 Å². The number of nitrogens with one attached hydrogen (secondary N) is 1. The molecule has 0 atom stereocenters. The van der Waals surface area contributed by atoms with Gasteiger partial charge in [-0.2, -0.15) is 0 Å². The van der Waals surface area contributed by atoms with Gasteiger partial charge in [0.05, 0.1) is 18.1 Å². The van der Waals surface area contributed by atoms with E-state index in [1.165, 1.54) is 18.2 Å². The minimum absolute atomic E-state index is 0.158. The maximum atomic E-state index is 12.7. The summed E-state index contributed by atoms with van der Waals surface area (Å²) in [5, 5.41) is 13.3. The predicted molar refractivity (Wildman–Crippen MR) is 99.6 cm³/mol. The Morgan fingerprint density at radius 2 is 1.96 bits per heavy atom. The Hall–Kier alpha value is -3.27. The molecule has 28 heavy (non-hydrogen) atoms. The standard InChI is InChI=1S/C18H20N4O6/c1-2-5-21-17(24)14(16(23)19-18(21)25)11-12-10-13(22(26)27)3-4-15(12)20-6-8-28-9-7-20/h3-4,10-11H,2,5-9H2,1H3,(H,19,23,25)/b14-11+. The van der Waals surface area contributed by atoms with Crippen molar-refractivity contribution >= 4 is 35.3 Å². The van der Waals surface area contributed by atoms with Crippen LogP contribution in [0.25, 0.3) is 6.08 Å². The van der Waals surface area contributed by atoms with Crippen molar-refractivity contribution in [1.29, 1.82) is 0 Å². The smallest absolute Gasteiger partial charge is 0.331 e. The number of rotatable bonds is 5. The van der Waals surface area contributed by atoms with Crippen molar-refractivity contribution in [1.82, 2.24) is 10.2 Å². The topological polar surface area (TPSA) is 122 Å². The summed E-state index contributed by atoms with van der Waals surface area (Å²) in [4.78, 5) is 50.4. The van der Waals surface area contributed by atoms with Crippen LogP contribution in [-0.2, 0) is 14.3 Å². The van der Waals surface area contributed by atoms with Crippen LogP contribution in [0.15, 0.2) is 23.8 Å². The Kier molecular flexibility index (Phi) is 5.69. The lowest BCUT2D eigenvalue weighted by molar-refractivity contribution is -0.384. The number of urea groups is 1. The van der Waals surface area contributed by atoms with Gasteiger partial charge >= 0.3 is 6.03 Å². The fourth-order valence-electron chi connectivity index (χ4n) is 3.14. The first-order valence-electron chi connectivity index (χ1n) is 8.92. The van der Waals surface area contributed by atoms with Gasteiger partial charge in [-0.15, -0.1) is 0 Å². The molecule has 1 aromatic carbocycles. The van der Waals surface area contributed by atoms with Crippen LogP contribution in [0, 0.1) is 10.1 Å². The molecule has 0 radical (unpaired) electrons. The number of nitro benzene ring substituents is 1. The first kappa shape index (κ1) is 19.5. The average molecular weight is 388 g/mol. The van der Waals surface area contributed by atoms with Crippen LogP contribution in [0.5, 0.6) is 0 Å². The van der Waals surface area contributed by atoms with Crippen molar-refractivity contribution in [3.8, 4) is 0 Å². The van der Waals surface area contributed by atoms with E-state index in [2.05, 4.69) is 5.32 Å². The van der Waals surface area contributed by atoms with E-state index in [4.69, 9.17) is 4.74 Å². The van der Waals surface area contributed by atoms with Crippen LogP contribution in [0.1, 0.15) is 18.9 Å². The quantitative estimate of drug-likeness (QED) is 0.349. The van der Waals surface area contributed by atoms with E-state index in [0.717, 1.165) is 4.90 Å². The molecule has 1 aromatic rings. The Balaban J connectivity index is 2.05. The number of nitrogens with zero attached hydrogens (tertiary/aromatic N) is 3. The van der Waals surface area contributed by atoms with Gasteiger partial charge in [0.15, 0.2) is 0 Å². The molecule has 2 saturated heterocycles. The molecule has 4 amide bonds. The van der Waals surface area contributed by atoms with E-state index in [-0.39, 0.29) is 17.8 Å². The maximum absolute atomic E-state index is 12.7. The number of benzene rings is 1. The highest BCUT2D eigenvalue weighted by Gasteiger charge is 2.35. The lowest BCUT2D eigenvalue weighted by atomic mass is 10.0. The summed E-state index contributed by atoms with van der Waals surface area (Å²) < 4.78 is 5.33. The van der Waals surface area contributed by atoms with E-state index in [9.17, 15) is 24.5 Å². The van der Waals surface area contributed by atoms with Crippen LogP contribution < -0.4 is 10.2 Å². The summed E-state index contributed by atoms with van der Waals surface area (Å²) in [6.45, 7) is 4.14. The molecule has 0 unspecified atom stereocenters. The number of carbonyl (C=O) groups excluding carboxylic acids is 3. The largest absolute Gasteiger partial charge is 0.378 e. The second-order valence-corrected chi connectivity index (χ2v) is 6.37. The fourth-order valence-corrected chi connectivity index (χ4v) is 3.14. The molecule has 2 heterocycles. The molecule has 0 spiro atoms. The summed E-state index contributed by atoms with van der Waals surface area (Å²) in [5.74, 6) is -1.53. The number of anilines is 1. The zero-order valence-electron chi connectivity index (χ0n) is 15.3. The molecule has 10 nitrogen and oxygen atoms in total. The van der Waals surface area contributed by atoms with E-state index < -0.39 is 22.8 Å². The molecule has 2 fully saturated rings. The minimum Gasteiger partial charge on any atom is -0.378 e. The summed E-state index contributed by atoms with van der Waals surface area (Å²) in [6.07, 6.45) is 1.85. The third kappa shape index (κ3) is 3.86. The van der Waals surface area contributed by atoms with Crippen LogP contribution in [-0.4, -0.2) is 60.5 Å². The summed E-state index contributed by atoms with van der Waals surface area (Å²) in [6, 6.07) is 3.53. The number of amides is 4. The van der Waals surface area contributed by atoms with Gasteiger partial charge in [-0.05, 0) is 18.6 Å². The SMILES string of the molecule is CCCN1C(=O)NC(=O)/C(=C\c2cc([N+](=O)[O-])ccc2N2CCOCC2)C1=O. The third-order valence-corrected chi connectivity index (χ3v) is 4.51. The summed E-state index contributed by atoms with van der Waals surface area (Å²) >= 11 is 0. The third-order valence-electron chi connectivity index (χ3n) is 4.51. The highest BCUT2D eigenvalue weighted by Crippen LogP contribution is 2.29. The van der Waals surface area contributed by atoms with Gasteiger partial charge in [0.2, 0.25) is 0 Å². The number of barbiturate groups is 1. The average Bonchev–Trinajstić information content (AvgIpc) is 2.69. The van der Waals surface area contributed by atoms with Gasteiger partial charge in [-0.1, -0.05) is 6.92 Å². The Labute approximate surface area is 160 Å². The van der Waals surface area contributed by atoms with E-state index in [1.807, 2.05) is 4.90 Å². The second-order valence-electron chi connectivity index (χ2n) is 6.37. The number of nitro groups is 1. The molecule has 2 aliphatic rings. The maximum Gasteiger partial charge on any atom is 0.331 e. The predicted octanol–water partition coefficient (Wildman–Crippen LogP) is 1.30. The number of ether oxygens (including phenoxy) is 1.